The average Bonchev–Trinajstić information content (AvgIpc) is 2.20. The summed E-state index contributed by atoms with van der Waals surface area (Å²) in [5.74, 6) is -3.48. The highest BCUT2D eigenvalue weighted by atomic mass is 19.2. The lowest BCUT2D eigenvalue weighted by atomic mass is 10.0. The zero-order chi connectivity index (χ0) is 10.7. The van der Waals surface area contributed by atoms with Gasteiger partial charge in [0, 0.05) is 5.56 Å². The Hall–Kier alpha value is -1.45. The lowest BCUT2D eigenvalue weighted by Gasteiger charge is -2.10. The zero-order valence-corrected chi connectivity index (χ0v) is 7.80. The first kappa shape index (κ1) is 10.6. The van der Waals surface area contributed by atoms with Crippen molar-refractivity contribution >= 4 is 5.97 Å². The molecule has 14 heavy (non-hydrogen) atoms. The molecule has 0 saturated heterocycles. The summed E-state index contributed by atoms with van der Waals surface area (Å²) in [4.78, 5) is 11.1. The summed E-state index contributed by atoms with van der Waals surface area (Å²) < 4.78 is 30.3. The smallest absolute Gasteiger partial charge is 0.312 e. The number of hydrogen-bond acceptors (Lipinski definition) is 2. The molecule has 0 aromatic heterocycles. The summed E-state index contributed by atoms with van der Waals surface area (Å²) in [5.41, 5.74) is -0.0446. The molecule has 0 amide bonds. The highest BCUT2D eigenvalue weighted by Crippen LogP contribution is 2.21. The summed E-state index contributed by atoms with van der Waals surface area (Å²) in [7, 11) is 1.19. The highest BCUT2D eigenvalue weighted by Gasteiger charge is 2.20. The van der Waals surface area contributed by atoms with E-state index < -0.39 is 23.5 Å². The molecule has 2 nitrogen and oxygen atoms in total. The molecule has 75 valence electrons. The SMILES string of the molecule is COC(=O)C(C)c1c[c]cc(F)c1F. The monoisotopic (exact) mass is 199 g/mol. The zero-order valence-electron chi connectivity index (χ0n) is 7.80. The molecule has 0 bridgehead atoms. The van der Waals surface area contributed by atoms with E-state index in [0.29, 0.717) is 0 Å². The molecule has 0 heterocycles. The summed E-state index contributed by atoms with van der Waals surface area (Å²) in [6, 6.07) is 4.52. The topological polar surface area (TPSA) is 26.3 Å². The minimum atomic E-state index is -1.03. The Bertz CT molecular complexity index is 350. The number of methoxy groups -OCH3 is 1. The van der Waals surface area contributed by atoms with Crippen LogP contribution in [0, 0.1) is 17.7 Å². The van der Waals surface area contributed by atoms with Crippen LogP contribution in [0.3, 0.4) is 0 Å². The maximum Gasteiger partial charge on any atom is 0.312 e. The van der Waals surface area contributed by atoms with Crippen molar-refractivity contribution in [1.29, 1.82) is 0 Å². The van der Waals surface area contributed by atoms with Crippen molar-refractivity contribution in [2.75, 3.05) is 7.11 Å². The third-order valence-corrected chi connectivity index (χ3v) is 1.93. The minimum Gasteiger partial charge on any atom is -0.469 e. The molecule has 1 aromatic carbocycles. The molecule has 0 saturated carbocycles. The van der Waals surface area contributed by atoms with Crippen LogP contribution < -0.4 is 0 Å². The predicted molar refractivity (Wildman–Crippen MR) is 45.6 cm³/mol. The Labute approximate surface area is 80.5 Å². The van der Waals surface area contributed by atoms with Crippen LogP contribution in [0.4, 0.5) is 8.78 Å². The molecular weight excluding hydrogens is 190 g/mol. The van der Waals surface area contributed by atoms with Crippen molar-refractivity contribution in [1.82, 2.24) is 0 Å². The van der Waals surface area contributed by atoms with E-state index in [1.54, 1.807) is 0 Å². The quantitative estimate of drug-likeness (QED) is 0.681. The first-order chi connectivity index (χ1) is 6.57. The molecule has 4 heteroatoms. The lowest BCUT2D eigenvalue weighted by Crippen LogP contribution is -2.12. The number of ether oxygens (including phenoxy) is 1. The second-order valence-corrected chi connectivity index (χ2v) is 2.82. The van der Waals surface area contributed by atoms with Crippen LogP contribution in [0.5, 0.6) is 0 Å². The van der Waals surface area contributed by atoms with Crippen LogP contribution in [-0.4, -0.2) is 13.1 Å². The fourth-order valence-electron chi connectivity index (χ4n) is 1.09. The normalized spacial score (nSPS) is 12.3. The number of benzene rings is 1. The number of carbonyl (C=O) groups excluding carboxylic acids is 1. The molecule has 0 aliphatic heterocycles. The van der Waals surface area contributed by atoms with Gasteiger partial charge in [-0.3, -0.25) is 4.79 Å². The largest absolute Gasteiger partial charge is 0.469 e. The minimum absolute atomic E-state index is 0.0446. The van der Waals surface area contributed by atoms with Gasteiger partial charge in [0.15, 0.2) is 11.6 Å². The van der Waals surface area contributed by atoms with Gasteiger partial charge in [0.25, 0.3) is 0 Å². The Balaban J connectivity index is 3.07. The molecule has 1 unspecified atom stereocenters. The van der Waals surface area contributed by atoms with Crippen LogP contribution in [0.1, 0.15) is 18.4 Å². The van der Waals surface area contributed by atoms with E-state index in [0.717, 1.165) is 6.07 Å². The van der Waals surface area contributed by atoms with Crippen molar-refractivity contribution in [3.8, 4) is 0 Å². The molecule has 0 spiro atoms. The third-order valence-electron chi connectivity index (χ3n) is 1.93. The van der Waals surface area contributed by atoms with E-state index in [2.05, 4.69) is 10.8 Å². The van der Waals surface area contributed by atoms with Gasteiger partial charge in [0.1, 0.15) is 0 Å². The van der Waals surface area contributed by atoms with Crippen LogP contribution >= 0.6 is 0 Å². The maximum atomic E-state index is 13.1. The summed E-state index contributed by atoms with van der Waals surface area (Å²) in [6.45, 7) is 1.44. The molecule has 0 N–H and O–H groups in total. The number of hydrogen-bond donors (Lipinski definition) is 0. The summed E-state index contributed by atoms with van der Waals surface area (Å²) in [5, 5.41) is 0. The molecule has 1 atom stereocenters. The van der Waals surface area contributed by atoms with Gasteiger partial charge in [0.05, 0.1) is 13.0 Å². The fraction of sp³-hybridized carbons (Fsp3) is 0.300. The van der Waals surface area contributed by atoms with Gasteiger partial charge in [-0.25, -0.2) is 8.78 Å². The van der Waals surface area contributed by atoms with E-state index in [-0.39, 0.29) is 5.56 Å². The van der Waals surface area contributed by atoms with Gasteiger partial charge in [-0.2, -0.15) is 0 Å². The first-order valence-corrected chi connectivity index (χ1v) is 4.00. The fourth-order valence-corrected chi connectivity index (χ4v) is 1.09. The predicted octanol–water partition coefficient (Wildman–Crippen LogP) is 2.04. The lowest BCUT2D eigenvalue weighted by molar-refractivity contribution is -0.142. The number of carbonyl (C=O) groups is 1. The summed E-state index contributed by atoms with van der Waals surface area (Å²) in [6.07, 6.45) is 0. The van der Waals surface area contributed by atoms with Gasteiger partial charge in [-0.1, -0.05) is 0 Å². The molecule has 0 fully saturated rings. The Morgan fingerprint density at radius 3 is 2.71 bits per heavy atom. The number of halogens is 2. The Morgan fingerprint density at radius 1 is 1.50 bits per heavy atom. The van der Waals surface area contributed by atoms with E-state index in [4.69, 9.17) is 0 Å². The van der Waals surface area contributed by atoms with Gasteiger partial charge >= 0.3 is 5.97 Å². The maximum absolute atomic E-state index is 13.1. The average molecular weight is 199 g/mol. The molecule has 1 aromatic rings. The van der Waals surface area contributed by atoms with Crippen molar-refractivity contribution in [3.05, 3.63) is 35.4 Å². The molecule has 1 radical (unpaired) electrons. The van der Waals surface area contributed by atoms with Crippen LogP contribution in [0.15, 0.2) is 12.1 Å². The molecule has 0 aliphatic carbocycles. The summed E-state index contributed by atoms with van der Waals surface area (Å²) >= 11 is 0. The molecule has 0 aliphatic rings. The van der Waals surface area contributed by atoms with Crippen molar-refractivity contribution in [3.63, 3.8) is 0 Å². The van der Waals surface area contributed by atoms with E-state index >= 15 is 0 Å². The van der Waals surface area contributed by atoms with Crippen LogP contribution in [0.25, 0.3) is 0 Å². The number of esters is 1. The van der Waals surface area contributed by atoms with E-state index in [1.165, 1.54) is 20.1 Å². The van der Waals surface area contributed by atoms with Gasteiger partial charge in [-0.15, -0.1) is 0 Å². The first-order valence-electron chi connectivity index (χ1n) is 4.00. The Morgan fingerprint density at radius 2 is 2.14 bits per heavy atom. The third kappa shape index (κ3) is 1.89. The van der Waals surface area contributed by atoms with Gasteiger partial charge in [-0.05, 0) is 25.1 Å². The molecule has 1 rings (SSSR count). The molecular formula is C10H9F2O2. The van der Waals surface area contributed by atoms with Crippen LogP contribution in [0.2, 0.25) is 0 Å². The van der Waals surface area contributed by atoms with Crippen LogP contribution in [-0.2, 0) is 9.53 Å². The Kier molecular flexibility index (Phi) is 3.17. The van der Waals surface area contributed by atoms with Crippen molar-refractivity contribution in [2.24, 2.45) is 0 Å². The van der Waals surface area contributed by atoms with Gasteiger partial charge < -0.3 is 4.74 Å². The second kappa shape index (κ2) is 4.17. The van der Waals surface area contributed by atoms with Gasteiger partial charge in [0.2, 0.25) is 0 Å². The van der Waals surface area contributed by atoms with Crippen molar-refractivity contribution in [2.45, 2.75) is 12.8 Å². The van der Waals surface area contributed by atoms with E-state index in [9.17, 15) is 13.6 Å². The standard InChI is InChI=1S/C10H9F2O2/c1-6(10(13)14-2)7-4-3-5-8(11)9(7)12/h4-6H,1-2H3. The van der Waals surface area contributed by atoms with E-state index in [1.807, 2.05) is 0 Å². The van der Waals surface area contributed by atoms with Crippen molar-refractivity contribution < 1.29 is 18.3 Å². The second-order valence-electron chi connectivity index (χ2n) is 2.82. The highest BCUT2D eigenvalue weighted by molar-refractivity contribution is 5.77. The number of rotatable bonds is 2.